The van der Waals surface area contributed by atoms with E-state index in [1.54, 1.807) is 36.4 Å². The Morgan fingerprint density at radius 2 is 1.85 bits per heavy atom. The van der Waals surface area contributed by atoms with Crippen LogP contribution in [0.25, 0.3) is 6.08 Å². The first-order valence-electron chi connectivity index (χ1n) is 7.52. The number of hydrazine groups is 1. The number of carboxylic acid groups (broad SMARTS) is 1. The van der Waals surface area contributed by atoms with Crippen molar-refractivity contribution in [3.8, 4) is 5.75 Å². The SMILES string of the molecule is O=C(O)COc1ccccc1/C=C1/C(=O)NN(c2ccc(I)cc2)C1=O. The number of benzene rings is 2. The molecule has 1 aliphatic heterocycles. The van der Waals surface area contributed by atoms with E-state index in [1.807, 2.05) is 12.1 Å². The Kier molecular flexibility index (Phi) is 5.21. The molecular formula is C18H13IN2O5. The molecule has 0 radical (unpaired) electrons. The van der Waals surface area contributed by atoms with Gasteiger partial charge in [-0.25, -0.2) is 9.80 Å². The van der Waals surface area contributed by atoms with E-state index in [9.17, 15) is 14.4 Å². The van der Waals surface area contributed by atoms with Crippen molar-refractivity contribution in [2.75, 3.05) is 11.6 Å². The van der Waals surface area contributed by atoms with Crippen molar-refractivity contribution in [3.05, 3.63) is 63.2 Å². The van der Waals surface area contributed by atoms with Gasteiger partial charge in [-0.05, 0) is 59.0 Å². The van der Waals surface area contributed by atoms with Crippen molar-refractivity contribution in [3.63, 3.8) is 0 Å². The second kappa shape index (κ2) is 7.56. The summed E-state index contributed by atoms with van der Waals surface area (Å²) in [4.78, 5) is 35.5. The maximum atomic E-state index is 12.6. The molecule has 1 heterocycles. The Hall–Kier alpha value is -2.88. The minimum atomic E-state index is -1.12. The highest BCUT2D eigenvalue weighted by Crippen LogP contribution is 2.25. The number of para-hydroxylation sites is 1. The summed E-state index contributed by atoms with van der Waals surface area (Å²) < 4.78 is 6.21. The van der Waals surface area contributed by atoms with Gasteiger partial charge in [-0.3, -0.25) is 15.0 Å². The van der Waals surface area contributed by atoms with Crippen LogP contribution in [-0.2, 0) is 14.4 Å². The van der Waals surface area contributed by atoms with Gasteiger partial charge in [-0.2, -0.15) is 0 Å². The second-order valence-corrected chi connectivity index (χ2v) is 6.58. The number of carboxylic acids is 1. The molecule has 0 spiro atoms. The van der Waals surface area contributed by atoms with E-state index in [4.69, 9.17) is 9.84 Å². The van der Waals surface area contributed by atoms with Gasteiger partial charge in [0.15, 0.2) is 6.61 Å². The molecule has 0 unspecified atom stereocenters. The topological polar surface area (TPSA) is 95.9 Å². The van der Waals surface area contributed by atoms with Crippen molar-refractivity contribution < 1.29 is 24.2 Å². The number of carbonyl (C=O) groups excluding carboxylic acids is 2. The third-order valence-corrected chi connectivity index (χ3v) is 4.27. The van der Waals surface area contributed by atoms with Crippen molar-refractivity contribution in [1.82, 2.24) is 5.43 Å². The minimum Gasteiger partial charge on any atom is -0.481 e. The molecule has 2 amide bonds. The summed E-state index contributed by atoms with van der Waals surface area (Å²) in [6.07, 6.45) is 1.39. The third kappa shape index (κ3) is 3.85. The molecule has 0 saturated carbocycles. The van der Waals surface area contributed by atoms with Gasteiger partial charge in [0, 0.05) is 9.13 Å². The standard InChI is InChI=1S/C18H13IN2O5/c19-12-5-7-13(8-6-12)21-18(25)14(17(24)20-21)9-11-3-1-2-4-15(11)26-10-16(22)23/h1-9H,10H2,(H,20,24)(H,22,23)/b14-9-. The molecule has 0 aromatic heterocycles. The van der Waals surface area contributed by atoms with E-state index < -0.39 is 24.4 Å². The number of ether oxygens (including phenoxy) is 1. The van der Waals surface area contributed by atoms with Gasteiger partial charge < -0.3 is 9.84 Å². The van der Waals surface area contributed by atoms with Crippen LogP contribution in [0.5, 0.6) is 5.75 Å². The Morgan fingerprint density at radius 1 is 1.15 bits per heavy atom. The average molecular weight is 464 g/mol. The number of hydrogen-bond donors (Lipinski definition) is 2. The third-order valence-electron chi connectivity index (χ3n) is 3.55. The Balaban J connectivity index is 1.90. The van der Waals surface area contributed by atoms with Crippen LogP contribution in [-0.4, -0.2) is 29.5 Å². The molecule has 1 saturated heterocycles. The summed E-state index contributed by atoms with van der Waals surface area (Å²) in [6.45, 7) is -0.519. The molecule has 1 aliphatic rings. The van der Waals surface area contributed by atoms with Gasteiger partial charge in [-0.15, -0.1) is 0 Å². The summed E-state index contributed by atoms with van der Waals surface area (Å²) in [5.41, 5.74) is 3.44. The number of nitrogens with zero attached hydrogens (tertiary/aromatic N) is 1. The Labute approximate surface area is 162 Å². The Bertz CT molecular complexity index is 908. The van der Waals surface area contributed by atoms with E-state index in [1.165, 1.54) is 11.1 Å². The van der Waals surface area contributed by atoms with Crippen molar-refractivity contribution in [2.45, 2.75) is 0 Å². The van der Waals surface area contributed by atoms with E-state index in [2.05, 4.69) is 28.0 Å². The van der Waals surface area contributed by atoms with Gasteiger partial charge in [0.05, 0.1) is 5.69 Å². The molecule has 1 fully saturated rings. The van der Waals surface area contributed by atoms with Crippen LogP contribution < -0.4 is 15.2 Å². The molecule has 0 aliphatic carbocycles. The van der Waals surface area contributed by atoms with Gasteiger partial charge in [0.25, 0.3) is 11.8 Å². The van der Waals surface area contributed by atoms with Crippen LogP contribution in [0.1, 0.15) is 5.56 Å². The summed E-state index contributed by atoms with van der Waals surface area (Å²) in [7, 11) is 0. The predicted molar refractivity (Wildman–Crippen MR) is 102 cm³/mol. The summed E-state index contributed by atoms with van der Waals surface area (Å²) in [5.74, 6) is -1.88. The monoisotopic (exact) mass is 464 g/mol. The van der Waals surface area contributed by atoms with Crippen LogP contribution in [0.4, 0.5) is 5.69 Å². The summed E-state index contributed by atoms with van der Waals surface area (Å²) >= 11 is 2.15. The number of aliphatic carboxylic acids is 1. The fourth-order valence-electron chi connectivity index (χ4n) is 2.36. The highest BCUT2D eigenvalue weighted by Gasteiger charge is 2.34. The summed E-state index contributed by atoms with van der Waals surface area (Å²) in [6, 6.07) is 13.7. The Morgan fingerprint density at radius 3 is 2.54 bits per heavy atom. The van der Waals surface area contributed by atoms with Crippen LogP contribution in [0.15, 0.2) is 54.1 Å². The molecule has 0 atom stereocenters. The molecule has 2 N–H and O–H groups in total. The fraction of sp³-hybridized carbons (Fsp3) is 0.0556. The zero-order valence-corrected chi connectivity index (χ0v) is 15.5. The number of rotatable bonds is 5. The normalized spacial score (nSPS) is 15.3. The molecule has 7 nitrogen and oxygen atoms in total. The first kappa shape index (κ1) is 17.9. The largest absolute Gasteiger partial charge is 0.481 e. The number of hydrogen-bond acceptors (Lipinski definition) is 4. The molecule has 132 valence electrons. The van der Waals surface area contributed by atoms with Gasteiger partial charge in [0.2, 0.25) is 0 Å². The van der Waals surface area contributed by atoms with Crippen LogP contribution >= 0.6 is 22.6 Å². The maximum absolute atomic E-state index is 12.6. The zero-order valence-electron chi connectivity index (χ0n) is 13.3. The second-order valence-electron chi connectivity index (χ2n) is 5.34. The van der Waals surface area contributed by atoms with E-state index >= 15 is 0 Å². The molecule has 0 bridgehead atoms. The molecule has 2 aromatic rings. The van der Waals surface area contributed by atoms with E-state index in [-0.39, 0.29) is 11.3 Å². The number of anilines is 1. The maximum Gasteiger partial charge on any atom is 0.341 e. The lowest BCUT2D eigenvalue weighted by Gasteiger charge is -2.14. The number of amides is 2. The summed E-state index contributed by atoms with van der Waals surface area (Å²) in [5, 5.41) is 9.92. The predicted octanol–water partition coefficient (Wildman–Crippen LogP) is 2.22. The minimum absolute atomic E-state index is 0.0603. The average Bonchev–Trinajstić information content (AvgIpc) is 2.90. The van der Waals surface area contributed by atoms with Crippen molar-refractivity contribution >= 4 is 52.1 Å². The van der Waals surface area contributed by atoms with Crippen LogP contribution in [0.3, 0.4) is 0 Å². The highest BCUT2D eigenvalue weighted by atomic mass is 127. The molecule has 2 aromatic carbocycles. The van der Waals surface area contributed by atoms with Gasteiger partial charge in [0.1, 0.15) is 11.3 Å². The molecule has 8 heteroatoms. The van der Waals surface area contributed by atoms with E-state index in [0.29, 0.717) is 11.3 Å². The number of carbonyl (C=O) groups is 3. The van der Waals surface area contributed by atoms with Crippen LogP contribution in [0, 0.1) is 3.57 Å². The first-order chi connectivity index (χ1) is 12.5. The molecule has 3 rings (SSSR count). The van der Waals surface area contributed by atoms with Crippen molar-refractivity contribution in [2.24, 2.45) is 0 Å². The first-order valence-corrected chi connectivity index (χ1v) is 8.60. The van der Waals surface area contributed by atoms with E-state index in [0.717, 1.165) is 3.57 Å². The zero-order chi connectivity index (χ0) is 18.7. The lowest BCUT2D eigenvalue weighted by atomic mass is 10.1. The molecular weight excluding hydrogens is 451 g/mol. The molecule has 26 heavy (non-hydrogen) atoms. The number of nitrogens with one attached hydrogen (secondary N) is 1. The van der Waals surface area contributed by atoms with Crippen LogP contribution in [0.2, 0.25) is 0 Å². The van der Waals surface area contributed by atoms with Gasteiger partial charge >= 0.3 is 5.97 Å². The number of halogens is 1. The quantitative estimate of drug-likeness (QED) is 0.402. The van der Waals surface area contributed by atoms with Crippen molar-refractivity contribution in [1.29, 1.82) is 0 Å². The smallest absolute Gasteiger partial charge is 0.341 e. The van der Waals surface area contributed by atoms with Gasteiger partial charge in [-0.1, -0.05) is 18.2 Å². The highest BCUT2D eigenvalue weighted by molar-refractivity contribution is 14.1. The fourth-order valence-corrected chi connectivity index (χ4v) is 2.72. The lowest BCUT2D eigenvalue weighted by molar-refractivity contribution is -0.139. The lowest BCUT2D eigenvalue weighted by Crippen LogP contribution is -2.35.